The molecule has 3 rings (SSSR count). The molecule has 2 aromatic heterocycles. The third-order valence-corrected chi connectivity index (χ3v) is 3.34. The zero-order valence-electron chi connectivity index (χ0n) is 12.0. The maximum absolute atomic E-state index is 4.40. The molecule has 1 atom stereocenters. The first-order valence-corrected chi connectivity index (χ1v) is 6.89. The van der Waals surface area contributed by atoms with Crippen LogP contribution in [0.15, 0.2) is 48.8 Å². The number of aromatic amines is 1. The number of nitrogens with one attached hydrogen (secondary N) is 2. The predicted molar refractivity (Wildman–Crippen MR) is 82.8 cm³/mol. The fourth-order valence-corrected chi connectivity index (χ4v) is 2.24. The summed E-state index contributed by atoms with van der Waals surface area (Å²) in [6.07, 6.45) is 3.61. The molecule has 0 fully saturated rings. The lowest BCUT2D eigenvalue weighted by Gasteiger charge is -2.17. The van der Waals surface area contributed by atoms with Crippen molar-refractivity contribution in [2.45, 2.75) is 19.9 Å². The van der Waals surface area contributed by atoms with E-state index in [1.807, 2.05) is 43.3 Å². The van der Waals surface area contributed by atoms with Crippen molar-refractivity contribution < 1.29 is 0 Å². The number of hydrogen-bond acceptors (Lipinski definition) is 4. The summed E-state index contributed by atoms with van der Waals surface area (Å²) in [7, 11) is 0. The molecule has 5 heteroatoms. The number of anilines is 1. The smallest absolute Gasteiger partial charge is 0.183 e. The molecule has 0 aliphatic rings. The highest BCUT2D eigenvalue weighted by Gasteiger charge is 2.12. The number of rotatable bonds is 4. The summed E-state index contributed by atoms with van der Waals surface area (Å²) in [5.74, 6) is 1.51. The van der Waals surface area contributed by atoms with Gasteiger partial charge in [-0.25, -0.2) is 4.98 Å². The van der Waals surface area contributed by atoms with E-state index in [0.717, 1.165) is 17.1 Å². The zero-order chi connectivity index (χ0) is 14.7. The van der Waals surface area contributed by atoms with Gasteiger partial charge in [0.2, 0.25) is 0 Å². The summed E-state index contributed by atoms with van der Waals surface area (Å²) in [6, 6.07) is 12.2. The third-order valence-electron chi connectivity index (χ3n) is 3.34. The van der Waals surface area contributed by atoms with Gasteiger partial charge in [0, 0.05) is 29.7 Å². The van der Waals surface area contributed by atoms with Crippen LogP contribution in [0.1, 0.15) is 24.4 Å². The molecule has 0 amide bonds. The summed E-state index contributed by atoms with van der Waals surface area (Å²) in [5, 5.41) is 10.6. The SMILES string of the molecule is Cc1nc(-c2ccccc2NC(C)c2ccncc2)n[nH]1. The lowest BCUT2D eigenvalue weighted by molar-refractivity contribution is 0.881. The molecule has 0 radical (unpaired) electrons. The van der Waals surface area contributed by atoms with Gasteiger partial charge < -0.3 is 5.32 Å². The number of pyridine rings is 1. The molecule has 1 aromatic carbocycles. The Balaban J connectivity index is 1.89. The number of para-hydroxylation sites is 1. The molecule has 3 aromatic rings. The number of nitrogens with zero attached hydrogens (tertiary/aromatic N) is 3. The Morgan fingerprint density at radius 2 is 1.86 bits per heavy atom. The number of aryl methyl sites for hydroxylation is 1. The van der Waals surface area contributed by atoms with Crippen LogP contribution in [0.3, 0.4) is 0 Å². The first-order chi connectivity index (χ1) is 10.2. The molecule has 1 unspecified atom stereocenters. The standard InChI is InChI=1S/C16H17N5/c1-11(13-7-9-17-10-8-13)18-15-6-4-3-5-14(15)16-19-12(2)20-21-16/h3-11,18H,1-2H3,(H,19,20,21). The molecule has 5 nitrogen and oxygen atoms in total. The van der Waals surface area contributed by atoms with E-state index in [-0.39, 0.29) is 6.04 Å². The molecule has 21 heavy (non-hydrogen) atoms. The molecule has 0 aliphatic heterocycles. The average Bonchev–Trinajstić information content (AvgIpc) is 2.95. The van der Waals surface area contributed by atoms with Gasteiger partial charge in [0.15, 0.2) is 5.82 Å². The largest absolute Gasteiger partial charge is 0.378 e. The lowest BCUT2D eigenvalue weighted by Crippen LogP contribution is -2.07. The second-order valence-electron chi connectivity index (χ2n) is 4.94. The minimum atomic E-state index is 0.175. The molecule has 0 saturated heterocycles. The highest BCUT2D eigenvalue weighted by Crippen LogP contribution is 2.28. The number of benzene rings is 1. The Morgan fingerprint density at radius 1 is 1.10 bits per heavy atom. The molecule has 106 valence electrons. The van der Waals surface area contributed by atoms with E-state index in [1.165, 1.54) is 5.56 Å². The van der Waals surface area contributed by atoms with E-state index in [0.29, 0.717) is 5.82 Å². The van der Waals surface area contributed by atoms with Gasteiger partial charge >= 0.3 is 0 Å². The number of aromatic nitrogens is 4. The highest BCUT2D eigenvalue weighted by molar-refractivity contribution is 5.73. The van der Waals surface area contributed by atoms with Gasteiger partial charge in [-0.2, -0.15) is 5.10 Å². The van der Waals surface area contributed by atoms with Crippen LogP contribution < -0.4 is 5.32 Å². The van der Waals surface area contributed by atoms with E-state index >= 15 is 0 Å². The second-order valence-corrected chi connectivity index (χ2v) is 4.94. The molecule has 0 bridgehead atoms. The van der Waals surface area contributed by atoms with Crippen LogP contribution in [0.2, 0.25) is 0 Å². The van der Waals surface area contributed by atoms with Gasteiger partial charge in [-0.05, 0) is 43.7 Å². The minimum Gasteiger partial charge on any atom is -0.378 e. The Labute approximate surface area is 123 Å². The van der Waals surface area contributed by atoms with Crippen molar-refractivity contribution in [3.63, 3.8) is 0 Å². The van der Waals surface area contributed by atoms with Crippen LogP contribution in [-0.2, 0) is 0 Å². The van der Waals surface area contributed by atoms with Gasteiger partial charge in [-0.1, -0.05) is 12.1 Å². The van der Waals surface area contributed by atoms with E-state index in [9.17, 15) is 0 Å². The Hall–Kier alpha value is -2.69. The van der Waals surface area contributed by atoms with Gasteiger partial charge in [-0.3, -0.25) is 10.1 Å². The summed E-state index contributed by atoms with van der Waals surface area (Å²) in [4.78, 5) is 8.46. The molecule has 2 N–H and O–H groups in total. The topological polar surface area (TPSA) is 66.5 Å². The first-order valence-electron chi connectivity index (χ1n) is 6.89. The van der Waals surface area contributed by atoms with Crippen LogP contribution in [0, 0.1) is 6.92 Å². The van der Waals surface area contributed by atoms with Gasteiger partial charge in [-0.15, -0.1) is 0 Å². The molecule has 2 heterocycles. The van der Waals surface area contributed by atoms with E-state index in [1.54, 1.807) is 12.4 Å². The van der Waals surface area contributed by atoms with Crippen molar-refractivity contribution in [1.29, 1.82) is 0 Å². The quantitative estimate of drug-likeness (QED) is 0.768. The Bertz CT molecular complexity index is 720. The zero-order valence-corrected chi connectivity index (χ0v) is 12.0. The van der Waals surface area contributed by atoms with Crippen LogP contribution >= 0.6 is 0 Å². The van der Waals surface area contributed by atoms with Crippen molar-refractivity contribution in [1.82, 2.24) is 20.2 Å². The maximum Gasteiger partial charge on any atom is 0.183 e. The van der Waals surface area contributed by atoms with Crippen LogP contribution in [0.5, 0.6) is 0 Å². The van der Waals surface area contributed by atoms with Crippen molar-refractivity contribution in [2.24, 2.45) is 0 Å². The fourth-order valence-electron chi connectivity index (χ4n) is 2.24. The minimum absolute atomic E-state index is 0.175. The molecule has 0 aliphatic carbocycles. The summed E-state index contributed by atoms with van der Waals surface area (Å²) in [6.45, 7) is 4.02. The molecular formula is C16H17N5. The van der Waals surface area contributed by atoms with Crippen molar-refractivity contribution in [2.75, 3.05) is 5.32 Å². The summed E-state index contributed by atoms with van der Waals surface area (Å²) in [5.41, 5.74) is 3.19. The van der Waals surface area contributed by atoms with Gasteiger partial charge in [0.25, 0.3) is 0 Å². The van der Waals surface area contributed by atoms with Crippen molar-refractivity contribution in [3.05, 3.63) is 60.2 Å². The summed E-state index contributed by atoms with van der Waals surface area (Å²) < 4.78 is 0. The van der Waals surface area contributed by atoms with E-state index < -0.39 is 0 Å². The van der Waals surface area contributed by atoms with Crippen LogP contribution in [0.4, 0.5) is 5.69 Å². The van der Waals surface area contributed by atoms with E-state index in [4.69, 9.17) is 0 Å². The second kappa shape index (κ2) is 5.75. The molecular weight excluding hydrogens is 262 g/mol. The summed E-state index contributed by atoms with van der Waals surface area (Å²) >= 11 is 0. The predicted octanol–water partition coefficient (Wildman–Crippen LogP) is 3.35. The Morgan fingerprint density at radius 3 is 2.57 bits per heavy atom. The molecule has 0 spiro atoms. The third kappa shape index (κ3) is 2.91. The van der Waals surface area contributed by atoms with Crippen molar-refractivity contribution in [3.8, 4) is 11.4 Å². The average molecular weight is 279 g/mol. The normalized spacial score (nSPS) is 12.1. The number of hydrogen-bond donors (Lipinski definition) is 2. The first kappa shape index (κ1) is 13.3. The van der Waals surface area contributed by atoms with Gasteiger partial charge in [0.1, 0.15) is 5.82 Å². The monoisotopic (exact) mass is 279 g/mol. The fraction of sp³-hybridized carbons (Fsp3) is 0.188. The lowest BCUT2D eigenvalue weighted by atomic mass is 10.1. The van der Waals surface area contributed by atoms with Crippen LogP contribution in [0.25, 0.3) is 11.4 Å². The van der Waals surface area contributed by atoms with Crippen molar-refractivity contribution >= 4 is 5.69 Å². The van der Waals surface area contributed by atoms with Crippen LogP contribution in [-0.4, -0.2) is 20.2 Å². The highest BCUT2D eigenvalue weighted by atomic mass is 15.2. The molecule has 0 saturated carbocycles. The maximum atomic E-state index is 4.40. The van der Waals surface area contributed by atoms with E-state index in [2.05, 4.69) is 32.4 Å². The van der Waals surface area contributed by atoms with Gasteiger partial charge in [0.05, 0.1) is 0 Å². The number of H-pyrrole nitrogens is 1. The Kier molecular flexibility index (Phi) is 3.64.